The third-order valence-electron chi connectivity index (χ3n) is 2.38. The highest BCUT2D eigenvalue weighted by atomic mass is 32.2. The Labute approximate surface area is 104 Å². The maximum atomic E-state index is 11.4. The van der Waals surface area contributed by atoms with Crippen LogP contribution < -0.4 is 10.5 Å². The van der Waals surface area contributed by atoms with Gasteiger partial charge in [0.25, 0.3) is 0 Å². The van der Waals surface area contributed by atoms with Crippen LogP contribution in [-0.2, 0) is 4.79 Å². The molecular formula is C11H13N3O2S. The number of carbonyl (C=O) groups excluding carboxylic acids is 1. The number of hydrazone groups is 1. The van der Waals surface area contributed by atoms with E-state index in [-0.39, 0.29) is 11.3 Å². The molecule has 0 aliphatic carbocycles. The molecule has 0 bridgehead atoms. The summed E-state index contributed by atoms with van der Waals surface area (Å²) in [6, 6.07) is 7.51. The summed E-state index contributed by atoms with van der Waals surface area (Å²) in [5.41, 5.74) is 6.61. The molecule has 1 atom stereocenters. The highest BCUT2D eigenvalue weighted by molar-refractivity contribution is 8.14. The Kier molecular flexibility index (Phi) is 3.23. The van der Waals surface area contributed by atoms with Gasteiger partial charge in [-0.05, 0) is 17.7 Å². The Balaban J connectivity index is 2.24. The molecule has 0 unspecified atom stereocenters. The van der Waals surface area contributed by atoms with Gasteiger partial charge >= 0.3 is 0 Å². The third kappa shape index (κ3) is 2.36. The van der Waals surface area contributed by atoms with Crippen LogP contribution in [-0.4, -0.2) is 23.2 Å². The van der Waals surface area contributed by atoms with Gasteiger partial charge in [0.05, 0.1) is 7.11 Å². The molecule has 6 heteroatoms. The van der Waals surface area contributed by atoms with E-state index in [2.05, 4.69) is 5.10 Å². The molecule has 2 N–H and O–H groups in total. The molecule has 1 heterocycles. The van der Waals surface area contributed by atoms with Crippen LogP contribution in [0.1, 0.15) is 17.9 Å². The summed E-state index contributed by atoms with van der Waals surface area (Å²) >= 11 is 1.36. The fraction of sp³-hybridized carbons (Fsp3) is 0.273. The molecule has 0 saturated carbocycles. The monoisotopic (exact) mass is 251 g/mol. The third-order valence-corrected chi connectivity index (χ3v) is 3.40. The zero-order chi connectivity index (χ0) is 12.4. The zero-order valence-corrected chi connectivity index (χ0v) is 10.4. The van der Waals surface area contributed by atoms with Crippen molar-refractivity contribution in [2.45, 2.75) is 12.3 Å². The van der Waals surface area contributed by atoms with Crippen LogP contribution >= 0.6 is 11.8 Å². The molecule has 0 radical (unpaired) electrons. The van der Waals surface area contributed by atoms with Crippen molar-refractivity contribution >= 4 is 22.8 Å². The fourth-order valence-electron chi connectivity index (χ4n) is 1.56. The Hall–Kier alpha value is -1.69. The van der Waals surface area contributed by atoms with Gasteiger partial charge in [0.2, 0.25) is 5.91 Å². The van der Waals surface area contributed by atoms with E-state index >= 15 is 0 Å². The normalized spacial score (nSPS) is 19.1. The minimum absolute atomic E-state index is 0.126. The topological polar surface area (TPSA) is 67.9 Å². The number of ether oxygens (including phenoxy) is 1. The lowest BCUT2D eigenvalue weighted by Gasteiger charge is -2.19. The molecule has 1 aromatic rings. The number of carbonyl (C=O) groups is 1. The largest absolute Gasteiger partial charge is 0.497 e. The van der Waals surface area contributed by atoms with Crippen molar-refractivity contribution < 1.29 is 9.53 Å². The highest BCUT2D eigenvalue weighted by Crippen LogP contribution is 2.38. The number of nitrogens with two attached hydrogens (primary N) is 1. The van der Waals surface area contributed by atoms with Gasteiger partial charge in [-0.1, -0.05) is 23.9 Å². The second-order valence-electron chi connectivity index (χ2n) is 3.55. The summed E-state index contributed by atoms with van der Waals surface area (Å²) in [6.45, 7) is 1.47. The first-order valence-corrected chi connectivity index (χ1v) is 5.94. The Morgan fingerprint density at radius 2 is 2.12 bits per heavy atom. The standard InChI is InChI=1S/C11H13N3O2S/c1-7(15)14-10(17-11(12)13-14)8-3-5-9(16-2)6-4-8/h3-6,10H,1-2H3,(H2,12,13)/t10-/m1/s1. The van der Waals surface area contributed by atoms with Crippen molar-refractivity contribution in [1.29, 1.82) is 0 Å². The number of nitrogens with zero attached hydrogens (tertiary/aromatic N) is 2. The summed E-state index contributed by atoms with van der Waals surface area (Å²) in [6.07, 6.45) is 0. The molecule has 90 valence electrons. The first-order chi connectivity index (χ1) is 8.11. The van der Waals surface area contributed by atoms with Crippen LogP contribution in [0, 0.1) is 0 Å². The number of amidine groups is 1. The zero-order valence-electron chi connectivity index (χ0n) is 9.58. The molecule has 0 aromatic heterocycles. The maximum absolute atomic E-state index is 11.4. The van der Waals surface area contributed by atoms with Gasteiger partial charge in [-0.2, -0.15) is 0 Å². The number of methoxy groups -OCH3 is 1. The first-order valence-electron chi connectivity index (χ1n) is 5.06. The van der Waals surface area contributed by atoms with Gasteiger partial charge < -0.3 is 10.5 Å². The number of benzene rings is 1. The van der Waals surface area contributed by atoms with Crippen molar-refractivity contribution in [2.75, 3.05) is 7.11 Å². The molecule has 0 spiro atoms. The number of hydrogen-bond donors (Lipinski definition) is 1. The molecule has 5 nitrogen and oxygen atoms in total. The first kappa shape index (κ1) is 11.8. The molecule has 17 heavy (non-hydrogen) atoms. The van der Waals surface area contributed by atoms with E-state index in [0.29, 0.717) is 5.17 Å². The summed E-state index contributed by atoms with van der Waals surface area (Å²) in [4.78, 5) is 11.4. The van der Waals surface area contributed by atoms with Crippen LogP contribution in [0.3, 0.4) is 0 Å². The number of thioether (sulfide) groups is 1. The van der Waals surface area contributed by atoms with E-state index in [1.165, 1.54) is 23.7 Å². The number of hydrogen-bond acceptors (Lipinski definition) is 5. The smallest absolute Gasteiger partial charge is 0.241 e. The number of rotatable bonds is 2. The average Bonchev–Trinajstić information content (AvgIpc) is 2.72. The van der Waals surface area contributed by atoms with Gasteiger partial charge in [-0.25, -0.2) is 5.01 Å². The number of amides is 1. The van der Waals surface area contributed by atoms with E-state index in [1.807, 2.05) is 24.3 Å². The predicted octanol–water partition coefficient (Wildman–Crippen LogP) is 1.52. The van der Waals surface area contributed by atoms with Crippen LogP contribution in [0.2, 0.25) is 0 Å². The summed E-state index contributed by atoms with van der Waals surface area (Å²) < 4.78 is 5.09. The van der Waals surface area contributed by atoms with Gasteiger partial charge in [-0.3, -0.25) is 4.79 Å². The van der Waals surface area contributed by atoms with Crippen molar-refractivity contribution in [3.05, 3.63) is 29.8 Å². The SMILES string of the molecule is COc1ccc([C@H]2SC(N)=NN2C(C)=O)cc1. The molecule has 2 rings (SSSR count). The molecule has 1 aromatic carbocycles. The van der Waals surface area contributed by atoms with Crippen molar-refractivity contribution in [2.24, 2.45) is 10.8 Å². The van der Waals surface area contributed by atoms with Crippen LogP contribution in [0.4, 0.5) is 0 Å². The minimum atomic E-state index is -0.182. The quantitative estimate of drug-likeness (QED) is 0.865. The van der Waals surface area contributed by atoms with Gasteiger partial charge in [0, 0.05) is 6.92 Å². The predicted molar refractivity (Wildman–Crippen MR) is 67.5 cm³/mol. The lowest BCUT2D eigenvalue weighted by Crippen LogP contribution is -2.23. The van der Waals surface area contributed by atoms with E-state index in [9.17, 15) is 4.79 Å². The minimum Gasteiger partial charge on any atom is -0.497 e. The Morgan fingerprint density at radius 3 is 2.65 bits per heavy atom. The van der Waals surface area contributed by atoms with E-state index < -0.39 is 0 Å². The van der Waals surface area contributed by atoms with Crippen LogP contribution in [0.25, 0.3) is 0 Å². The Bertz CT molecular complexity index is 458. The van der Waals surface area contributed by atoms with E-state index in [0.717, 1.165) is 11.3 Å². The van der Waals surface area contributed by atoms with E-state index in [1.54, 1.807) is 7.11 Å². The van der Waals surface area contributed by atoms with Crippen LogP contribution in [0.5, 0.6) is 5.75 Å². The maximum Gasteiger partial charge on any atom is 0.241 e. The molecule has 0 saturated heterocycles. The lowest BCUT2D eigenvalue weighted by molar-refractivity contribution is -0.129. The summed E-state index contributed by atoms with van der Waals surface area (Å²) in [5.74, 6) is 0.652. The molecule has 1 aliphatic heterocycles. The van der Waals surface area contributed by atoms with Gasteiger partial charge in [0.1, 0.15) is 11.1 Å². The highest BCUT2D eigenvalue weighted by Gasteiger charge is 2.30. The van der Waals surface area contributed by atoms with Crippen molar-refractivity contribution in [3.8, 4) is 5.75 Å². The van der Waals surface area contributed by atoms with Crippen molar-refractivity contribution in [1.82, 2.24) is 5.01 Å². The summed E-state index contributed by atoms with van der Waals surface area (Å²) in [7, 11) is 1.61. The second-order valence-corrected chi connectivity index (χ2v) is 4.65. The molecule has 1 aliphatic rings. The fourth-order valence-corrected chi connectivity index (χ4v) is 2.51. The summed E-state index contributed by atoms with van der Waals surface area (Å²) in [5, 5.41) is 5.61. The molecule has 1 amide bonds. The van der Waals surface area contributed by atoms with Gasteiger partial charge in [-0.15, -0.1) is 5.10 Å². The average molecular weight is 251 g/mol. The van der Waals surface area contributed by atoms with Crippen LogP contribution in [0.15, 0.2) is 29.4 Å². The lowest BCUT2D eigenvalue weighted by atomic mass is 10.2. The molecular weight excluding hydrogens is 238 g/mol. The van der Waals surface area contributed by atoms with Crippen molar-refractivity contribution in [3.63, 3.8) is 0 Å². The molecule has 0 fully saturated rings. The van der Waals surface area contributed by atoms with E-state index in [4.69, 9.17) is 10.5 Å². The Morgan fingerprint density at radius 1 is 1.47 bits per heavy atom. The second kappa shape index (κ2) is 4.67. The van der Waals surface area contributed by atoms with Gasteiger partial charge in [0.15, 0.2) is 5.17 Å².